The summed E-state index contributed by atoms with van der Waals surface area (Å²) in [7, 11) is 0. The summed E-state index contributed by atoms with van der Waals surface area (Å²) in [5.74, 6) is -1.52. The minimum Gasteiger partial charge on any atom is -0.322 e. The van der Waals surface area contributed by atoms with E-state index in [0.29, 0.717) is 0 Å². The van der Waals surface area contributed by atoms with E-state index in [2.05, 4.69) is 22.0 Å². The van der Waals surface area contributed by atoms with Crippen LogP contribution in [0.1, 0.15) is 13.8 Å². The van der Waals surface area contributed by atoms with Crippen molar-refractivity contribution in [1.82, 2.24) is 9.80 Å². The molecule has 0 aliphatic carbocycles. The Balaban J connectivity index is 1.95. The average molecular weight is 297 g/mol. The van der Waals surface area contributed by atoms with E-state index in [9.17, 15) is 13.6 Å². The van der Waals surface area contributed by atoms with E-state index in [-0.39, 0.29) is 17.6 Å². The third kappa shape index (κ3) is 3.98. The Hall–Kier alpha value is -1.53. The molecular formula is C15H21F2N3O. The first-order valence-corrected chi connectivity index (χ1v) is 7.23. The van der Waals surface area contributed by atoms with E-state index in [1.54, 1.807) is 6.92 Å². The number of amides is 1. The van der Waals surface area contributed by atoms with Crippen molar-refractivity contribution < 1.29 is 13.6 Å². The fourth-order valence-corrected chi connectivity index (χ4v) is 2.46. The van der Waals surface area contributed by atoms with Crippen LogP contribution in [0.15, 0.2) is 18.2 Å². The molecule has 1 aromatic carbocycles. The first kappa shape index (κ1) is 15.9. The minimum absolute atomic E-state index is 0.112. The van der Waals surface area contributed by atoms with Crippen molar-refractivity contribution in [2.45, 2.75) is 19.9 Å². The molecule has 1 aliphatic heterocycles. The molecule has 1 amide bonds. The van der Waals surface area contributed by atoms with Gasteiger partial charge < -0.3 is 10.2 Å². The lowest BCUT2D eigenvalue weighted by Crippen LogP contribution is -2.52. The largest absolute Gasteiger partial charge is 0.322 e. The van der Waals surface area contributed by atoms with E-state index >= 15 is 0 Å². The lowest BCUT2D eigenvalue weighted by molar-refractivity contribution is -0.121. The van der Waals surface area contributed by atoms with Crippen molar-refractivity contribution in [2.75, 3.05) is 38.0 Å². The topological polar surface area (TPSA) is 35.6 Å². The van der Waals surface area contributed by atoms with Crippen LogP contribution in [-0.2, 0) is 4.79 Å². The fraction of sp³-hybridized carbons (Fsp3) is 0.533. The number of nitrogens with one attached hydrogen (secondary N) is 1. The van der Waals surface area contributed by atoms with Crippen LogP contribution in [0.3, 0.4) is 0 Å². The molecule has 0 spiro atoms. The van der Waals surface area contributed by atoms with Gasteiger partial charge in [0.15, 0.2) is 0 Å². The molecule has 1 fully saturated rings. The van der Waals surface area contributed by atoms with Gasteiger partial charge in [-0.3, -0.25) is 9.69 Å². The molecular weight excluding hydrogens is 276 g/mol. The van der Waals surface area contributed by atoms with Gasteiger partial charge in [0.1, 0.15) is 11.6 Å². The van der Waals surface area contributed by atoms with Gasteiger partial charge in [0.25, 0.3) is 0 Å². The Morgan fingerprint density at radius 3 is 2.57 bits per heavy atom. The van der Waals surface area contributed by atoms with Gasteiger partial charge in [0, 0.05) is 32.2 Å². The molecule has 1 aliphatic rings. The highest BCUT2D eigenvalue weighted by Crippen LogP contribution is 2.16. The van der Waals surface area contributed by atoms with E-state index in [4.69, 9.17) is 0 Å². The van der Waals surface area contributed by atoms with Crippen LogP contribution < -0.4 is 5.32 Å². The molecule has 1 aromatic rings. The number of piperazine rings is 1. The standard InChI is InChI=1S/C15H21F2N3O/c1-3-19-6-8-20(9-7-19)11(2)15(21)18-14-10-12(16)4-5-13(14)17/h4-5,10-11H,3,6-9H2,1-2H3,(H,18,21). The predicted octanol–water partition coefficient (Wildman–Crippen LogP) is 1.93. The zero-order valence-corrected chi connectivity index (χ0v) is 12.4. The molecule has 1 unspecified atom stereocenters. The first-order valence-electron chi connectivity index (χ1n) is 7.23. The zero-order valence-electron chi connectivity index (χ0n) is 12.4. The lowest BCUT2D eigenvalue weighted by Gasteiger charge is -2.36. The maximum atomic E-state index is 13.5. The second-order valence-electron chi connectivity index (χ2n) is 5.26. The molecule has 21 heavy (non-hydrogen) atoms. The number of hydrogen-bond donors (Lipinski definition) is 1. The van der Waals surface area contributed by atoms with Crippen LogP contribution in [0.2, 0.25) is 0 Å². The van der Waals surface area contributed by atoms with Crippen molar-refractivity contribution in [1.29, 1.82) is 0 Å². The van der Waals surface area contributed by atoms with Gasteiger partial charge in [-0.15, -0.1) is 0 Å². The number of rotatable bonds is 4. The molecule has 1 N–H and O–H groups in total. The number of carbonyl (C=O) groups excluding carboxylic acids is 1. The Kier molecular flexibility index (Phi) is 5.25. The van der Waals surface area contributed by atoms with Crippen LogP contribution in [0, 0.1) is 11.6 Å². The first-order chi connectivity index (χ1) is 10.0. The second-order valence-corrected chi connectivity index (χ2v) is 5.26. The Labute approximate surface area is 123 Å². The van der Waals surface area contributed by atoms with Crippen molar-refractivity contribution in [3.63, 3.8) is 0 Å². The molecule has 6 heteroatoms. The number of carbonyl (C=O) groups is 1. The normalized spacial score (nSPS) is 18.5. The van der Waals surface area contributed by atoms with Crippen molar-refractivity contribution in [3.05, 3.63) is 29.8 Å². The summed E-state index contributed by atoms with van der Waals surface area (Å²) in [6.07, 6.45) is 0. The van der Waals surface area contributed by atoms with Crippen LogP contribution in [-0.4, -0.2) is 54.5 Å². The monoisotopic (exact) mass is 297 g/mol. The molecule has 1 heterocycles. The summed E-state index contributed by atoms with van der Waals surface area (Å²) in [5.41, 5.74) is -0.112. The molecule has 2 rings (SSSR count). The second kappa shape index (κ2) is 6.95. The summed E-state index contributed by atoms with van der Waals surface area (Å²) >= 11 is 0. The number of likely N-dealkylation sites (N-methyl/N-ethyl adjacent to an activating group) is 1. The van der Waals surface area contributed by atoms with E-state index in [1.807, 2.05) is 0 Å². The molecule has 1 saturated heterocycles. The summed E-state index contributed by atoms with van der Waals surface area (Å²) in [6.45, 7) is 8.34. The number of halogens is 2. The van der Waals surface area contributed by atoms with E-state index in [1.165, 1.54) is 0 Å². The molecule has 0 bridgehead atoms. The quantitative estimate of drug-likeness (QED) is 0.922. The molecule has 1 atom stereocenters. The molecule has 0 saturated carbocycles. The third-order valence-electron chi connectivity index (χ3n) is 3.97. The Morgan fingerprint density at radius 2 is 1.95 bits per heavy atom. The van der Waals surface area contributed by atoms with E-state index in [0.717, 1.165) is 50.9 Å². The van der Waals surface area contributed by atoms with Gasteiger partial charge in [-0.2, -0.15) is 0 Å². The maximum absolute atomic E-state index is 13.5. The summed E-state index contributed by atoms with van der Waals surface area (Å²) in [5, 5.41) is 2.46. The highest BCUT2D eigenvalue weighted by atomic mass is 19.1. The maximum Gasteiger partial charge on any atom is 0.241 e. The van der Waals surface area contributed by atoms with Crippen LogP contribution in [0.5, 0.6) is 0 Å². The molecule has 0 radical (unpaired) electrons. The summed E-state index contributed by atoms with van der Waals surface area (Å²) in [4.78, 5) is 16.5. The lowest BCUT2D eigenvalue weighted by atomic mass is 10.2. The number of benzene rings is 1. The van der Waals surface area contributed by atoms with Gasteiger partial charge in [-0.25, -0.2) is 8.78 Å². The molecule has 4 nitrogen and oxygen atoms in total. The highest BCUT2D eigenvalue weighted by Gasteiger charge is 2.25. The molecule has 0 aromatic heterocycles. The number of hydrogen-bond acceptors (Lipinski definition) is 3. The molecule has 116 valence electrons. The van der Waals surface area contributed by atoms with Gasteiger partial charge >= 0.3 is 0 Å². The Morgan fingerprint density at radius 1 is 1.29 bits per heavy atom. The van der Waals surface area contributed by atoms with Crippen LogP contribution >= 0.6 is 0 Å². The SMILES string of the molecule is CCN1CCN(C(C)C(=O)Nc2cc(F)ccc2F)CC1. The van der Waals surface area contributed by atoms with Gasteiger partial charge in [0.05, 0.1) is 11.7 Å². The number of nitrogens with zero attached hydrogens (tertiary/aromatic N) is 2. The minimum atomic E-state index is -0.632. The summed E-state index contributed by atoms with van der Waals surface area (Å²) < 4.78 is 26.6. The smallest absolute Gasteiger partial charge is 0.241 e. The van der Waals surface area contributed by atoms with Gasteiger partial charge in [0.2, 0.25) is 5.91 Å². The zero-order chi connectivity index (χ0) is 15.4. The van der Waals surface area contributed by atoms with Gasteiger partial charge in [-0.1, -0.05) is 6.92 Å². The van der Waals surface area contributed by atoms with Crippen molar-refractivity contribution >= 4 is 11.6 Å². The van der Waals surface area contributed by atoms with Crippen molar-refractivity contribution in [2.24, 2.45) is 0 Å². The van der Waals surface area contributed by atoms with E-state index < -0.39 is 11.6 Å². The van der Waals surface area contributed by atoms with Crippen LogP contribution in [0.4, 0.5) is 14.5 Å². The summed E-state index contributed by atoms with van der Waals surface area (Å²) in [6, 6.07) is 2.66. The highest BCUT2D eigenvalue weighted by molar-refractivity contribution is 5.94. The Bertz CT molecular complexity index is 502. The fourth-order valence-electron chi connectivity index (χ4n) is 2.46. The van der Waals surface area contributed by atoms with Crippen molar-refractivity contribution in [3.8, 4) is 0 Å². The predicted molar refractivity (Wildman–Crippen MR) is 78.1 cm³/mol. The van der Waals surface area contributed by atoms with Crippen LogP contribution in [0.25, 0.3) is 0 Å². The third-order valence-corrected chi connectivity index (χ3v) is 3.97. The number of anilines is 1. The van der Waals surface area contributed by atoms with Gasteiger partial charge in [-0.05, 0) is 25.6 Å². The average Bonchev–Trinajstić information content (AvgIpc) is 2.50.